The van der Waals surface area contributed by atoms with Crippen molar-refractivity contribution >= 4 is 10.8 Å². The van der Waals surface area contributed by atoms with Crippen LogP contribution < -0.4 is 4.74 Å². The van der Waals surface area contributed by atoms with E-state index in [0.29, 0.717) is 0 Å². The first-order chi connectivity index (χ1) is 8.11. The van der Waals surface area contributed by atoms with Crippen molar-refractivity contribution in [1.82, 2.24) is 0 Å². The lowest BCUT2D eigenvalue weighted by Crippen LogP contribution is -1.95. The fraction of sp³-hybridized carbons (Fsp3) is 0.200. The van der Waals surface area contributed by atoms with Crippen LogP contribution in [0.15, 0.2) is 48.7 Å². The minimum Gasteiger partial charge on any atom is -0.512 e. The Balaban J connectivity index is 2.48. The molecule has 2 aromatic carbocycles. The average Bonchev–Trinajstić information content (AvgIpc) is 2.36. The normalized spacial score (nSPS) is 12.4. The first-order valence-electron chi connectivity index (χ1n) is 5.57. The van der Waals surface area contributed by atoms with E-state index in [1.807, 2.05) is 37.3 Å². The van der Waals surface area contributed by atoms with Crippen molar-refractivity contribution in [2.75, 3.05) is 7.11 Å². The van der Waals surface area contributed by atoms with Gasteiger partial charge in [0.1, 0.15) is 5.75 Å². The Bertz CT molecular complexity index is 558. The van der Waals surface area contributed by atoms with Crippen LogP contribution in [-0.2, 0) is 0 Å². The highest BCUT2D eigenvalue weighted by Gasteiger charge is 2.08. The van der Waals surface area contributed by atoms with Crippen molar-refractivity contribution in [3.63, 3.8) is 0 Å². The summed E-state index contributed by atoms with van der Waals surface area (Å²) in [7, 11) is 1.66. The van der Waals surface area contributed by atoms with Gasteiger partial charge in [-0.3, -0.25) is 0 Å². The summed E-state index contributed by atoms with van der Waals surface area (Å²) in [5.41, 5.74) is 1.06. The number of aliphatic hydroxyl groups excluding tert-OH is 1. The van der Waals surface area contributed by atoms with Crippen LogP contribution in [0.1, 0.15) is 18.4 Å². The van der Waals surface area contributed by atoms with Gasteiger partial charge in [-0.25, -0.2) is 0 Å². The fourth-order valence-corrected chi connectivity index (χ4v) is 1.83. The summed E-state index contributed by atoms with van der Waals surface area (Å²) in [5, 5.41) is 11.7. The second kappa shape index (κ2) is 4.50. The summed E-state index contributed by atoms with van der Waals surface area (Å²) in [6.45, 7) is 5.51. The fourth-order valence-electron chi connectivity index (χ4n) is 1.83. The maximum absolute atomic E-state index is 9.41. The smallest absolute Gasteiger partial charge is 0.119 e. The van der Waals surface area contributed by atoms with E-state index in [-0.39, 0.29) is 11.7 Å². The summed E-state index contributed by atoms with van der Waals surface area (Å²) in [6, 6.07) is 12.1. The van der Waals surface area contributed by atoms with Crippen LogP contribution in [0, 0.1) is 0 Å². The molecule has 2 heteroatoms. The Morgan fingerprint density at radius 1 is 1.18 bits per heavy atom. The zero-order chi connectivity index (χ0) is 12.4. The lowest BCUT2D eigenvalue weighted by molar-refractivity contribution is 0.378. The molecule has 2 aromatic rings. The molecule has 0 aliphatic heterocycles. The molecule has 2 rings (SSSR count). The van der Waals surface area contributed by atoms with E-state index in [2.05, 4.69) is 12.6 Å². The van der Waals surface area contributed by atoms with Gasteiger partial charge in [0.25, 0.3) is 0 Å². The van der Waals surface area contributed by atoms with Gasteiger partial charge in [0.15, 0.2) is 0 Å². The van der Waals surface area contributed by atoms with E-state index in [0.717, 1.165) is 22.1 Å². The number of aliphatic hydroxyl groups is 1. The van der Waals surface area contributed by atoms with Gasteiger partial charge in [-0.15, -0.1) is 0 Å². The molecule has 2 nitrogen and oxygen atoms in total. The van der Waals surface area contributed by atoms with Crippen molar-refractivity contribution in [1.29, 1.82) is 0 Å². The maximum Gasteiger partial charge on any atom is 0.119 e. The van der Waals surface area contributed by atoms with Gasteiger partial charge < -0.3 is 9.84 Å². The third-order valence-corrected chi connectivity index (χ3v) is 3.07. The van der Waals surface area contributed by atoms with Gasteiger partial charge in [0.2, 0.25) is 0 Å². The van der Waals surface area contributed by atoms with Crippen LogP contribution in [0.25, 0.3) is 10.8 Å². The minimum atomic E-state index is -0.0403. The monoisotopic (exact) mass is 228 g/mol. The molecular weight excluding hydrogens is 212 g/mol. The van der Waals surface area contributed by atoms with Crippen LogP contribution in [0.2, 0.25) is 0 Å². The summed E-state index contributed by atoms with van der Waals surface area (Å²) in [6.07, 6.45) is 0. The van der Waals surface area contributed by atoms with Crippen LogP contribution in [-0.4, -0.2) is 12.2 Å². The van der Waals surface area contributed by atoms with E-state index in [9.17, 15) is 5.11 Å². The van der Waals surface area contributed by atoms with Crippen molar-refractivity contribution in [2.24, 2.45) is 0 Å². The average molecular weight is 228 g/mol. The second-order valence-corrected chi connectivity index (χ2v) is 4.19. The third-order valence-electron chi connectivity index (χ3n) is 3.07. The highest BCUT2D eigenvalue weighted by molar-refractivity contribution is 5.84. The highest BCUT2D eigenvalue weighted by Crippen LogP contribution is 2.27. The molecule has 0 radical (unpaired) electrons. The van der Waals surface area contributed by atoms with Crippen molar-refractivity contribution in [3.8, 4) is 5.75 Å². The van der Waals surface area contributed by atoms with Crippen molar-refractivity contribution in [3.05, 3.63) is 54.3 Å². The quantitative estimate of drug-likeness (QED) is 0.804. The summed E-state index contributed by atoms with van der Waals surface area (Å²) < 4.78 is 5.18. The summed E-state index contributed by atoms with van der Waals surface area (Å²) in [5.74, 6) is 1.00. The lowest BCUT2D eigenvalue weighted by Gasteiger charge is -2.11. The number of benzene rings is 2. The van der Waals surface area contributed by atoms with Crippen LogP contribution in [0.4, 0.5) is 0 Å². The predicted molar refractivity (Wildman–Crippen MR) is 70.7 cm³/mol. The molecule has 1 atom stereocenters. The van der Waals surface area contributed by atoms with Crippen LogP contribution in [0.3, 0.4) is 0 Å². The van der Waals surface area contributed by atoms with Crippen molar-refractivity contribution < 1.29 is 9.84 Å². The molecule has 0 aliphatic rings. The van der Waals surface area contributed by atoms with Gasteiger partial charge in [0, 0.05) is 5.92 Å². The molecule has 88 valence electrons. The molecule has 0 bridgehead atoms. The molecule has 0 aliphatic carbocycles. The zero-order valence-electron chi connectivity index (χ0n) is 10.1. The molecule has 0 saturated heterocycles. The summed E-state index contributed by atoms with van der Waals surface area (Å²) >= 11 is 0. The van der Waals surface area contributed by atoms with Crippen LogP contribution in [0.5, 0.6) is 5.75 Å². The van der Waals surface area contributed by atoms with E-state index >= 15 is 0 Å². The molecule has 0 aromatic heterocycles. The van der Waals surface area contributed by atoms with Gasteiger partial charge in [-0.05, 0) is 28.5 Å². The molecule has 0 saturated carbocycles. The first-order valence-corrected chi connectivity index (χ1v) is 5.57. The zero-order valence-corrected chi connectivity index (χ0v) is 10.1. The Morgan fingerprint density at radius 2 is 1.82 bits per heavy atom. The SMILES string of the molecule is C=C(O)[C@@H](C)c1ccc2cc(OC)ccc2c1. The van der Waals surface area contributed by atoms with E-state index in [1.165, 1.54) is 0 Å². The minimum absolute atomic E-state index is 0.0403. The Kier molecular flexibility index (Phi) is 3.05. The number of methoxy groups -OCH3 is 1. The lowest BCUT2D eigenvalue weighted by atomic mass is 9.97. The van der Waals surface area contributed by atoms with E-state index in [1.54, 1.807) is 7.11 Å². The van der Waals surface area contributed by atoms with Crippen LogP contribution >= 0.6 is 0 Å². The standard InChI is InChI=1S/C15H16O2/c1-10(11(2)16)12-4-5-14-9-15(17-3)7-6-13(14)8-12/h4-10,16H,2H2,1,3H3/t10-/m1/s1. The number of allylic oxidation sites excluding steroid dienone is 1. The maximum atomic E-state index is 9.41. The van der Waals surface area contributed by atoms with Gasteiger partial charge in [-0.2, -0.15) is 0 Å². The molecule has 0 heterocycles. The third kappa shape index (κ3) is 2.26. The number of fused-ring (bicyclic) bond motifs is 1. The molecule has 17 heavy (non-hydrogen) atoms. The Morgan fingerprint density at radius 3 is 2.47 bits per heavy atom. The first kappa shape index (κ1) is 11.5. The number of rotatable bonds is 3. The van der Waals surface area contributed by atoms with Crippen molar-refractivity contribution in [2.45, 2.75) is 12.8 Å². The molecule has 1 N–H and O–H groups in total. The molecule has 0 fully saturated rings. The Hall–Kier alpha value is -1.96. The van der Waals surface area contributed by atoms with Gasteiger partial charge >= 0.3 is 0 Å². The Labute approximate surface area is 101 Å². The molecular formula is C15H16O2. The molecule has 0 amide bonds. The van der Waals surface area contributed by atoms with E-state index < -0.39 is 0 Å². The second-order valence-electron chi connectivity index (χ2n) is 4.19. The molecule has 0 unspecified atom stereocenters. The van der Waals surface area contributed by atoms with E-state index in [4.69, 9.17) is 4.74 Å². The molecule has 0 spiro atoms. The number of ether oxygens (including phenoxy) is 1. The highest BCUT2D eigenvalue weighted by atomic mass is 16.5. The van der Waals surface area contributed by atoms with Gasteiger partial charge in [-0.1, -0.05) is 37.8 Å². The summed E-state index contributed by atoms with van der Waals surface area (Å²) in [4.78, 5) is 0. The van der Waals surface area contributed by atoms with Gasteiger partial charge in [0.05, 0.1) is 12.9 Å². The predicted octanol–water partition coefficient (Wildman–Crippen LogP) is 4.02. The number of hydrogen-bond acceptors (Lipinski definition) is 2. The number of hydrogen-bond donors (Lipinski definition) is 1. The largest absolute Gasteiger partial charge is 0.512 e. The topological polar surface area (TPSA) is 29.5 Å².